The maximum Gasteiger partial charge on any atom is 0.241 e. The zero-order chi connectivity index (χ0) is 13.5. The third-order valence-electron chi connectivity index (χ3n) is 2.62. The van der Waals surface area contributed by atoms with E-state index in [0.29, 0.717) is 18.7 Å². The van der Waals surface area contributed by atoms with Crippen LogP contribution in [0.4, 0.5) is 5.69 Å². The van der Waals surface area contributed by atoms with E-state index < -0.39 is 5.92 Å². The number of aryl methyl sites for hydroxylation is 1. The van der Waals surface area contributed by atoms with Crippen LogP contribution in [0.1, 0.15) is 25.8 Å². The van der Waals surface area contributed by atoms with Gasteiger partial charge in [-0.15, -0.1) is 0 Å². The minimum absolute atomic E-state index is 0.261. The molecule has 1 atom stereocenters. The van der Waals surface area contributed by atoms with Gasteiger partial charge >= 0.3 is 0 Å². The second kappa shape index (κ2) is 6.65. The first-order valence-corrected chi connectivity index (χ1v) is 6.06. The quantitative estimate of drug-likeness (QED) is 0.868. The van der Waals surface area contributed by atoms with Gasteiger partial charge in [-0.25, -0.2) is 0 Å². The monoisotopic (exact) mass is 246 g/mol. The van der Waals surface area contributed by atoms with Gasteiger partial charge < -0.3 is 10.1 Å². The Morgan fingerprint density at radius 3 is 2.72 bits per heavy atom. The van der Waals surface area contributed by atoms with E-state index in [1.54, 1.807) is 6.07 Å². The van der Waals surface area contributed by atoms with Crippen LogP contribution in [-0.4, -0.2) is 12.5 Å². The number of amides is 1. The molecule has 0 fully saturated rings. The molecule has 0 bridgehead atoms. The van der Waals surface area contributed by atoms with Gasteiger partial charge in [0.25, 0.3) is 0 Å². The molecule has 0 aliphatic heterocycles. The van der Waals surface area contributed by atoms with Crippen molar-refractivity contribution < 1.29 is 9.53 Å². The maximum atomic E-state index is 11.7. The van der Waals surface area contributed by atoms with Crippen LogP contribution in [0.2, 0.25) is 0 Å². The first-order chi connectivity index (χ1) is 8.62. The molecule has 18 heavy (non-hydrogen) atoms. The molecular formula is C14H18N2O2. The van der Waals surface area contributed by atoms with Crippen molar-refractivity contribution in [2.75, 3.05) is 11.9 Å². The highest BCUT2D eigenvalue weighted by Crippen LogP contribution is 2.22. The molecular weight excluding hydrogens is 228 g/mol. The molecule has 1 aromatic carbocycles. The largest absolute Gasteiger partial charge is 0.494 e. The molecule has 0 heterocycles. The van der Waals surface area contributed by atoms with Gasteiger partial charge in [0.15, 0.2) is 0 Å². The van der Waals surface area contributed by atoms with E-state index in [1.807, 2.05) is 39.0 Å². The standard InChI is InChI=1S/C14H18N2O2/c1-4-11(9-15)14(17)16-12-6-7-13(18-5-2)10(3)8-12/h6-8,11H,4-5H2,1-3H3,(H,16,17). The highest BCUT2D eigenvalue weighted by Gasteiger charge is 2.15. The van der Waals surface area contributed by atoms with Crippen LogP contribution in [-0.2, 0) is 4.79 Å². The molecule has 0 aromatic heterocycles. The van der Waals surface area contributed by atoms with Crippen LogP contribution in [0, 0.1) is 24.2 Å². The number of hydrogen-bond donors (Lipinski definition) is 1. The van der Waals surface area contributed by atoms with Crippen molar-refractivity contribution in [2.24, 2.45) is 5.92 Å². The smallest absolute Gasteiger partial charge is 0.241 e. The lowest BCUT2D eigenvalue weighted by atomic mass is 10.1. The Balaban J connectivity index is 2.78. The van der Waals surface area contributed by atoms with Crippen LogP contribution >= 0.6 is 0 Å². The molecule has 0 radical (unpaired) electrons. The van der Waals surface area contributed by atoms with Crippen molar-refractivity contribution >= 4 is 11.6 Å². The number of anilines is 1. The third kappa shape index (κ3) is 3.49. The molecule has 4 nitrogen and oxygen atoms in total. The summed E-state index contributed by atoms with van der Waals surface area (Å²) in [6.07, 6.45) is 0.512. The van der Waals surface area contributed by atoms with Crippen LogP contribution in [0.15, 0.2) is 18.2 Å². The molecule has 96 valence electrons. The molecule has 1 amide bonds. The molecule has 1 N–H and O–H groups in total. The minimum atomic E-state index is -0.600. The number of nitriles is 1. The van der Waals surface area contributed by atoms with E-state index in [4.69, 9.17) is 10.00 Å². The Morgan fingerprint density at radius 1 is 1.50 bits per heavy atom. The van der Waals surface area contributed by atoms with Gasteiger partial charge in [0, 0.05) is 5.69 Å². The number of nitrogens with zero attached hydrogens (tertiary/aromatic N) is 1. The summed E-state index contributed by atoms with van der Waals surface area (Å²) in [5.74, 6) is -0.0525. The van der Waals surface area contributed by atoms with Crippen LogP contribution in [0.5, 0.6) is 5.75 Å². The van der Waals surface area contributed by atoms with Crippen molar-refractivity contribution in [3.63, 3.8) is 0 Å². The van der Waals surface area contributed by atoms with Gasteiger partial charge in [0.1, 0.15) is 11.7 Å². The van der Waals surface area contributed by atoms with Gasteiger partial charge in [0.05, 0.1) is 12.7 Å². The van der Waals surface area contributed by atoms with Crippen molar-refractivity contribution in [1.29, 1.82) is 5.26 Å². The number of carbonyl (C=O) groups is 1. The highest BCUT2D eigenvalue weighted by atomic mass is 16.5. The zero-order valence-corrected chi connectivity index (χ0v) is 11.0. The Hall–Kier alpha value is -2.02. The molecule has 0 saturated carbocycles. The number of ether oxygens (including phenoxy) is 1. The van der Waals surface area contributed by atoms with Crippen molar-refractivity contribution in [3.05, 3.63) is 23.8 Å². The fraction of sp³-hybridized carbons (Fsp3) is 0.429. The average Bonchev–Trinajstić information content (AvgIpc) is 2.34. The summed E-state index contributed by atoms with van der Waals surface area (Å²) in [7, 11) is 0. The summed E-state index contributed by atoms with van der Waals surface area (Å²) in [5, 5.41) is 11.5. The van der Waals surface area contributed by atoms with E-state index in [1.165, 1.54) is 0 Å². The molecule has 0 spiro atoms. The predicted molar refractivity (Wildman–Crippen MR) is 70.4 cm³/mol. The minimum Gasteiger partial charge on any atom is -0.494 e. The van der Waals surface area contributed by atoms with Gasteiger partial charge in [-0.1, -0.05) is 6.92 Å². The summed E-state index contributed by atoms with van der Waals surface area (Å²) >= 11 is 0. The second-order valence-electron chi connectivity index (χ2n) is 3.99. The van der Waals surface area contributed by atoms with E-state index in [9.17, 15) is 4.79 Å². The van der Waals surface area contributed by atoms with E-state index in [-0.39, 0.29) is 5.91 Å². The lowest BCUT2D eigenvalue weighted by Gasteiger charge is -2.11. The van der Waals surface area contributed by atoms with Gasteiger partial charge in [0.2, 0.25) is 5.91 Å². The van der Waals surface area contributed by atoms with Gasteiger partial charge in [-0.3, -0.25) is 4.79 Å². The summed E-state index contributed by atoms with van der Waals surface area (Å²) in [6.45, 7) is 6.27. The highest BCUT2D eigenvalue weighted by molar-refractivity contribution is 5.94. The van der Waals surface area contributed by atoms with E-state index >= 15 is 0 Å². The number of benzene rings is 1. The second-order valence-corrected chi connectivity index (χ2v) is 3.99. The third-order valence-corrected chi connectivity index (χ3v) is 2.62. The lowest BCUT2D eigenvalue weighted by Crippen LogP contribution is -2.20. The normalized spacial score (nSPS) is 11.4. The first-order valence-electron chi connectivity index (χ1n) is 6.06. The van der Waals surface area contributed by atoms with E-state index in [0.717, 1.165) is 11.3 Å². The fourth-order valence-corrected chi connectivity index (χ4v) is 1.61. The first kappa shape index (κ1) is 14.0. The summed E-state index contributed by atoms with van der Waals surface area (Å²) < 4.78 is 5.42. The fourth-order valence-electron chi connectivity index (χ4n) is 1.61. The Kier molecular flexibility index (Phi) is 5.19. The summed E-state index contributed by atoms with van der Waals surface area (Å²) in [5.41, 5.74) is 1.65. The zero-order valence-electron chi connectivity index (χ0n) is 11.0. The SMILES string of the molecule is CCOc1ccc(NC(=O)C(C#N)CC)cc1C. The molecule has 1 unspecified atom stereocenters. The van der Waals surface area contributed by atoms with Crippen LogP contribution in [0.3, 0.4) is 0 Å². The van der Waals surface area contributed by atoms with Crippen LogP contribution < -0.4 is 10.1 Å². The Bertz CT molecular complexity index is 463. The number of carbonyl (C=O) groups excluding carboxylic acids is 1. The topological polar surface area (TPSA) is 62.1 Å². The van der Waals surface area contributed by atoms with Crippen molar-refractivity contribution in [3.8, 4) is 11.8 Å². The van der Waals surface area contributed by atoms with Gasteiger partial charge in [-0.2, -0.15) is 5.26 Å². The molecule has 4 heteroatoms. The van der Waals surface area contributed by atoms with E-state index in [2.05, 4.69) is 5.32 Å². The maximum absolute atomic E-state index is 11.7. The van der Waals surface area contributed by atoms with Crippen molar-refractivity contribution in [2.45, 2.75) is 27.2 Å². The van der Waals surface area contributed by atoms with Gasteiger partial charge in [-0.05, 0) is 44.0 Å². The average molecular weight is 246 g/mol. The molecule has 0 aliphatic rings. The number of nitrogens with one attached hydrogen (secondary N) is 1. The number of rotatable bonds is 5. The Labute approximate surface area is 108 Å². The molecule has 0 aliphatic carbocycles. The summed E-state index contributed by atoms with van der Waals surface area (Å²) in [4.78, 5) is 11.7. The lowest BCUT2D eigenvalue weighted by molar-refractivity contribution is -0.118. The number of hydrogen-bond acceptors (Lipinski definition) is 3. The summed E-state index contributed by atoms with van der Waals surface area (Å²) in [6, 6.07) is 7.42. The van der Waals surface area contributed by atoms with Crippen molar-refractivity contribution in [1.82, 2.24) is 0 Å². The van der Waals surface area contributed by atoms with Crippen LogP contribution in [0.25, 0.3) is 0 Å². The molecule has 1 rings (SSSR count). The predicted octanol–water partition coefficient (Wildman–Crippen LogP) is 2.88. The Morgan fingerprint density at radius 2 is 2.22 bits per heavy atom. The molecule has 1 aromatic rings. The molecule has 0 saturated heterocycles.